The van der Waals surface area contributed by atoms with Crippen molar-refractivity contribution in [1.82, 2.24) is 9.78 Å². The fourth-order valence-corrected chi connectivity index (χ4v) is 3.19. The highest BCUT2D eigenvalue weighted by molar-refractivity contribution is 6.31. The van der Waals surface area contributed by atoms with Gasteiger partial charge in [-0.25, -0.2) is 4.68 Å². The molecular formula is C20H19ClN4O2. The first-order valence-corrected chi connectivity index (χ1v) is 9.05. The van der Waals surface area contributed by atoms with E-state index in [0.29, 0.717) is 22.9 Å². The summed E-state index contributed by atoms with van der Waals surface area (Å²) in [5.41, 5.74) is 4.53. The highest BCUT2D eigenvalue weighted by Gasteiger charge is 2.14. The summed E-state index contributed by atoms with van der Waals surface area (Å²) in [5.74, 6) is 0.540. The standard InChI is InChI=1S/C20H19ClN4O2/c1-12-19(21)13(2)25(24-12)16-5-3-4-14(10-16)20(26)23-15-6-7-17-18(11-15)27-9-8-22-17/h3-7,10-11,22H,8-9H2,1-2H3,(H,23,26). The van der Waals surface area contributed by atoms with Crippen LogP contribution in [-0.4, -0.2) is 28.8 Å². The van der Waals surface area contributed by atoms with E-state index >= 15 is 0 Å². The predicted molar refractivity (Wildman–Crippen MR) is 106 cm³/mol. The highest BCUT2D eigenvalue weighted by atomic mass is 35.5. The maximum absolute atomic E-state index is 12.7. The number of aryl methyl sites for hydroxylation is 1. The van der Waals surface area contributed by atoms with Gasteiger partial charge in [-0.2, -0.15) is 5.10 Å². The van der Waals surface area contributed by atoms with Crippen LogP contribution in [0.3, 0.4) is 0 Å². The van der Waals surface area contributed by atoms with E-state index in [2.05, 4.69) is 15.7 Å². The van der Waals surface area contributed by atoms with Crippen LogP contribution >= 0.6 is 11.6 Å². The summed E-state index contributed by atoms with van der Waals surface area (Å²) in [4.78, 5) is 12.7. The molecule has 138 valence electrons. The Morgan fingerprint density at radius 2 is 2.11 bits per heavy atom. The number of aromatic nitrogens is 2. The maximum atomic E-state index is 12.7. The number of carbonyl (C=O) groups excluding carboxylic acids is 1. The molecule has 0 bridgehead atoms. The Morgan fingerprint density at radius 1 is 1.26 bits per heavy atom. The number of amides is 1. The van der Waals surface area contributed by atoms with Crippen LogP contribution in [0.25, 0.3) is 5.69 Å². The summed E-state index contributed by atoms with van der Waals surface area (Å²) >= 11 is 6.24. The summed E-state index contributed by atoms with van der Waals surface area (Å²) in [7, 11) is 0. The number of benzene rings is 2. The van der Waals surface area contributed by atoms with E-state index in [4.69, 9.17) is 16.3 Å². The molecule has 27 heavy (non-hydrogen) atoms. The third-order valence-corrected chi connectivity index (χ3v) is 5.02. The van der Waals surface area contributed by atoms with Crippen LogP contribution < -0.4 is 15.4 Å². The lowest BCUT2D eigenvalue weighted by atomic mass is 10.1. The van der Waals surface area contributed by atoms with Crippen molar-refractivity contribution in [3.63, 3.8) is 0 Å². The molecule has 2 aromatic carbocycles. The molecule has 0 unspecified atom stereocenters. The number of halogens is 1. The number of anilines is 2. The molecule has 0 radical (unpaired) electrons. The first kappa shape index (κ1) is 17.4. The minimum Gasteiger partial charge on any atom is -0.490 e. The number of hydrogen-bond donors (Lipinski definition) is 2. The van der Waals surface area contributed by atoms with Gasteiger partial charge < -0.3 is 15.4 Å². The molecule has 0 fully saturated rings. The van der Waals surface area contributed by atoms with Gasteiger partial charge in [0.1, 0.15) is 12.4 Å². The van der Waals surface area contributed by atoms with E-state index in [9.17, 15) is 4.79 Å². The second kappa shape index (κ2) is 6.96. The smallest absolute Gasteiger partial charge is 0.255 e. The van der Waals surface area contributed by atoms with Crippen molar-refractivity contribution >= 4 is 28.9 Å². The van der Waals surface area contributed by atoms with Crippen LogP contribution in [0.4, 0.5) is 11.4 Å². The Labute approximate surface area is 162 Å². The number of nitrogens with zero attached hydrogens (tertiary/aromatic N) is 2. The Morgan fingerprint density at radius 3 is 2.89 bits per heavy atom. The normalized spacial score (nSPS) is 12.7. The Hall–Kier alpha value is -2.99. The number of hydrogen-bond acceptors (Lipinski definition) is 4. The van der Waals surface area contributed by atoms with Crippen molar-refractivity contribution in [2.75, 3.05) is 23.8 Å². The summed E-state index contributed by atoms with van der Waals surface area (Å²) in [5, 5.41) is 11.2. The topological polar surface area (TPSA) is 68.2 Å². The SMILES string of the molecule is Cc1nn(-c2cccc(C(=O)Nc3ccc4c(c3)OCCN4)c2)c(C)c1Cl. The van der Waals surface area contributed by atoms with Crippen LogP contribution in [0.1, 0.15) is 21.7 Å². The Balaban J connectivity index is 1.58. The molecule has 0 saturated heterocycles. The van der Waals surface area contributed by atoms with Crippen LogP contribution in [-0.2, 0) is 0 Å². The zero-order valence-electron chi connectivity index (χ0n) is 15.0. The van der Waals surface area contributed by atoms with Gasteiger partial charge in [0.25, 0.3) is 5.91 Å². The minimum absolute atomic E-state index is 0.201. The molecule has 0 aliphatic carbocycles. The Kier molecular flexibility index (Phi) is 4.49. The molecule has 1 aromatic heterocycles. The van der Waals surface area contributed by atoms with Crippen molar-refractivity contribution in [3.05, 3.63) is 64.4 Å². The van der Waals surface area contributed by atoms with Crippen molar-refractivity contribution < 1.29 is 9.53 Å². The molecule has 2 heterocycles. The number of nitrogens with one attached hydrogen (secondary N) is 2. The van der Waals surface area contributed by atoms with Crippen LogP contribution in [0, 0.1) is 13.8 Å². The summed E-state index contributed by atoms with van der Waals surface area (Å²) < 4.78 is 7.36. The third kappa shape index (κ3) is 3.36. The van der Waals surface area contributed by atoms with Gasteiger partial charge >= 0.3 is 0 Å². The zero-order valence-corrected chi connectivity index (χ0v) is 15.8. The van der Waals surface area contributed by atoms with Gasteiger partial charge in [-0.05, 0) is 44.2 Å². The molecule has 1 amide bonds. The molecule has 0 saturated carbocycles. The van der Waals surface area contributed by atoms with E-state index in [1.54, 1.807) is 16.8 Å². The predicted octanol–water partition coefficient (Wildman–Crippen LogP) is 4.20. The van der Waals surface area contributed by atoms with Gasteiger partial charge in [0.2, 0.25) is 0 Å². The van der Waals surface area contributed by atoms with Gasteiger partial charge in [0.15, 0.2) is 0 Å². The number of rotatable bonds is 3. The van der Waals surface area contributed by atoms with Gasteiger partial charge in [0.05, 0.1) is 27.8 Å². The first-order valence-electron chi connectivity index (χ1n) is 8.67. The lowest BCUT2D eigenvalue weighted by Gasteiger charge is -2.19. The monoisotopic (exact) mass is 382 g/mol. The molecule has 0 spiro atoms. The molecule has 4 rings (SSSR count). The number of ether oxygens (including phenoxy) is 1. The minimum atomic E-state index is -0.201. The maximum Gasteiger partial charge on any atom is 0.255 e. The molecule has 3 aromatic rings. The van der Waals surface area contributed by atoms with Gasteiger partial charge in [-0.3, -0.25) is 4.79 Å². The van der Waals surface area contributed by atoms with Crippen molar-refractivity contribution in [3.8, 4) is 11.4 Å². The zero-order chi connectivity index (χ0) is 19.0. The second-order valence-electron chi connectivity index (χ2n) is 6.39. The van der Waals surface area contributed by atoms with E-state index in [-0.39, 0.29) is 5.91 Å². The van der Waals surface area contributed by atoms with E-state index in [0.717, 1.165) is 35.1 Å². The van der Waals surface area contributed by atoms with Crippen LogP contribution in [0.2, 0.25) is 5.02 Å². The lowest BCUT2D eigenvalue weighted by molar-refractivity contribution is 0.102. The lowest BCUT2D eigenvalue weighted by Crippen LogP contribution is -2.18. The first-order chi connectivity index (χ1) is 13.0. The molecular weight excluding hydrogens is 364 g/mol. The van der Waals surface area contributed by atoms with Gasteiger partial charge in [-0.1, -0.05) is 17.7 Å². The Bertz CT molecular complexity index is 1030. The molecule has 1 aliphatic heterocycles. The summed E-state index contributed by atoms with van der Waals surface area (Å²) in [6, 6.07) is 12.9. The van der Waals surface area contributed by atoms with Gasteiger partial charge in [0, 0.05) is 23.9 Å². The molecule has 6 nitrogen and oxygen atoms in total. The quantitative estimate of drug-likeness (QED) is 0.712. The van der Waals surface area contributed by atoms with E-state index in [1.165, 1.54) is 0 Å². The average Bonchev–Trinajstić information content (AvgIpc) is 2.95. The molecule has 2 N–H and O–H groups in total. The highest BCUT2D eigenvalue weighted by Crippen LogP contribution is 2.30. The van der Waals surface area contributed by atoms with Crippen molar-refractivity contribution in [2.45, 2.75) is 13.8 Å². The summed E-state index contributed by atoms with van der Waals surface area (Å²) in [6.07, 6.45) is 0. The van der Waals surface area contributed by atoms with Crippen LogP contribution in [0.15, 0.2) is 42.5 Å². The van der Waals surface area contributed by atoms with Crippen molar-refractivity contribution in [2.24, 2.45) is 0 Å². The second-order valence-corrected chi connectivity index (χ2v) is 6.77. The van der Waals surface area contributed by atoms with Crippen LogP contribution in [0.5, 0.6) is 5.75 Å². The van der Waals surface area contributed by atoms with E-state index in [1.807, 2.05) is 44.2 Å². The largest absolute Gasteiger partial charge is 0.490 e. The fourth-order valence-electron chi connectivity index (χ4n) is 3.07. The van der Waals surface area contributed by atoms with Crippen molar-refractivity contribution in [1.29, 1.82) is 0 Å². The third-order valence-electron chi connectivity index (χ3n) is 4.47. The number of fused-ring (bicyclic) bond motifs is 1. The molecule has 7 heteroatoms. The average molecular weight is 383 g/mol. The molecule has 1 aliphatic rings. The van der Waals surface area contributed by atoms with Gasteiger partial charge in [-0.15, -0.1) is 0 Å². The van der Waals surface area contributed by atoms with E-state index < -0.39 is 0 Å². The molecule has 0 atom stereocenters. The summed E-state index contributed by atoms with van der Waals surface area (Å²) in [6.45, 7) is 5.14. The number of carbonyl (C=O) groups is 1. The fraction of sp³-hybridized carbons (Fsp3) is 0.200.